The van der Waals surface area contributed by atoms with Gasteiger partial charge in [0, 0.05) is 6.54 Å². The Kier molecular flexibility index (Phi) is 4.32. The number of hydrogen-bond acceptors (Lipinski definition) is 4. The molecule has 0 aliphatic carbocycles. The molecule has 1 saturated heterocycles. The van der Waals surface area contributed by atoms with Crippen molar-refractivity contribution in [1.29, 1.82) is 0 Å². The minimum Gasteiger partial charge on any atom is -0.493 e. The lowest BCUT2D eigenvalue weighted by Gasteiger charge is -2.33. The Bertz CT molecular complexity index is 426. The third kappa shape index (κ3) is 2.85. The first-order valence-corrected chi connectivity index (χ1v) is 6.73. The van der Waals surface area contributed by atoms with Gasteiger partial charge in [0.15, 0.2) is 11.5 Å². The fourth-order valence-corrected chi connectivity index (χ4v) is 2.95. The van der Waals surface area contributed by atoms with Gasteiger partial charge in [0.2, 0.25) is 0 Å². The normalized spacial score (nSPS) is 22.8. The Labute approximate surface area is 115 Å². The molecule has 1 aromatic carbocycles. The number of hydrogen-bond donors (Lipinski definition) is 1. The van der Waals surface area contributed by atoms with Crippen LogP contribution in [0.2, 0.25) is 0 Å². The van der Waals surface area contributed by atoms with Gasteiger partial charge >= 0.3 is 0 Å². The van der Waals surface area contributed by atoms with Gasteiger partial charge in [-0.3, -0.25) is 0 Å². The maximum Gasteiger partial charge on any atom is 0.161 e. The molecule has 106 valence electrons. The highest BCUT2D eigenvalue weighted by atomic mass is 16.5. The highest BCUT2D eigenvalue weighted by molar-refractivity contribution is 5.45. The summed E-state index contributed by atoms with van der Waals surface area (Å²) in [5.41, 5.74) is 1.31. The molecule has 1 aromatic rings. The molecule has 0 bridgehead atoms. The summed E-state index contributed by atoms with van der Waals surface area (Å²) < 4.78 is 10.7. The predicted molar refractivity (Wildman–Crippen MR) is 77.0 cm³/mol. The minimum atomic E-state index is 0.0308. The molecule has 2 rings (SSSR count). The van der Waals surface area contributed by atoms with Crippen molar-refractivity contribution in [3.05, 3.63) is 23.8 Å². The Hall–Kier alpha value is -1.26. The molecule has 0 spiro atoms. The molecule has 1 heterocycles. The summed E-state index contributed by atoms with van der Waals surface area (Å²) in [6.07, 6.45) is 2.36. The quantitative estimate of drug-likeness (QED) is 0.880. The van der Waals surface area contributed by atoms with E-state index in [1.54, 1.807) is 14.2 Å². The lowest BCUT2D eigenvalue weighted by molar-refractivity contribution is 0.258. The highest BCUT2D eigenvalue weighted by Crippen LogP contribution is 2.36. The van der Waals surface area contributed by atoms with Gasteiger partial charge < -0.3 is 19.7 Å². The molecule has 1 fully saturated rings. The molecule has 0 amide bonds. The second-order valence-electron chi connectivity index (χ2n) is 5.42. The average Bonchev–Trinajstić information content (AvgIpc) is 2.86. The zero-order valence-corrected chi connectivity index (χ0v) is 12.3. The lowest BCUT2D eigenvalue weighted by Crippen LogP contribution is -2.45. The SMILES string of the molecule is COc1ccc(C2(CN(C)C)CCCN2)cc1OC. The Morgan fingerprint density at radius 2 is 1.95 bits per heavy atom. The zero-order chi connectivity index (χ0) is 13.9. The van der Waals surface area contributed by atoms with E-state index in [9.17, 15) is 0 Å². The fraction of sp³-hybridized carbons (Fsp3) is 0.600. The van der Waals surface area contributed by atoms with Gasteiger partial charge in [-0.2, -0.15) is 0 Å². The van der Waals surface area contributed by atoms with Crippen LogP contribution in [0.5, 0.6) is 11.5 Å². The van der Waals surface area contributed by atoms with E-state index in [0.717, 1.165) is 31.0 Å². The molecule has 1 aliphatic heterocycles. The van der Waals surface area contributed by atoms with E-state index in [2.05, 4.69) is 36.4 Å². The van der Waals surface area contributed by atoms with Crippen LogP contribution in [-0.2, 0) is 5.54 Å². The Balaban J connectivity index is 2.37. The van der Waals surface area contributed by atoms with Crippen LogP contribution < -0.4 is 14.8 Å². The molecule has 0 aromatic heterocycles. The maximum absolute atomic E-state index is 5.42. The van der Waals surface area contributed by atoms with Crippen LogP contribution >= 0.6 is 0 Å². The number of nitrogens with zero attached hydrogens (tertiary/aromatic N) is 1. The van der Waals surface area contributed by atoms with E-state index in [4.69, 9.17) is 9.47 Å². The zero-order valence-electron chi connectivity index (χ0n) is 12.3. The molecule has 1 unspecified atom stereocenters. The van der Waals surface area contributed by atoms with Crippen LogP contribution in [0.3, 0.4) is 0 Å². The predicted octanol–water partition coefficient (Wildman–Crippen LogP) is 1.84. The number of likely N-dealkylation sites (N-methyl/N-ethyl adjacent to an activating group) is 1. The van der Waals surface area contributed by atoms with Crippen LogP contribution in [0.4, 0.5) is 0 Å². The summed E-state index contributed by atoms with van der Waals surface area (Å²) in [6, 6.07) is 6.23. The summed E-state index contributed by atoms with van der Waals surface area (Å²) in [5.74, 6) is 1.58. The van der Waals surface area contributed by atoms with Gasteiger partial charge in [0.05, 0.1) is 19.8 Å². The van der Waals surface area contributed by atoms with Crippen LogP contribution in [0, 0.1) is 0 Å². The minimum absolute atomic E-state index is 0.0308. The molecule has 19 heavy (non-hydrogen) atoms. The number of benzene rings is 1. The first kappa shape index (κ1) is 14.2. The molecule has 1 N–H and O–H groups in total. The molecule has 1 aliphatic rings. The van der Waals surface area contributed by atoms with Crippen molar-refractivity contribution < 1.29 is 9.47 Å². The van der Waals surface area contributed by atoms with E-state index < -0.39 is 0 Å². The van der Waals surface area contributed by atoms with Crippen LogP contribution in [0.25, 0.3) is 0 Å². The Morgan fingerprint density at radius 3 is 2.47 bits per heavy atom. The largest absolute Gasteiger partial charge is 0.493 e. The first-order chi connectivity index (χ1) is 9.11. The van der Waals surface area contributed by atoms with Crippen molar-refractivity contribution in [2.75, 3.05) is 41.4 Å². The third-order valence-corrected chi connectivity index (χ3v) is 3.77. The van der Waals surface area contributed by atoms with Crippen LogP contribution in [0.15, 0.2) is 18.2 Å². The van der Waals surface area contributed by atoms with Crippen molar-refractivity contribution in [1.82, 2.24) is 10.2 Å². The maximum atomic E-state index is 5.42. The third-order valence-electron chi connectivity index (χ3n) is 3.77. The first-order valence-electron chi connectivity index (χ1n) is 6.73. The van der Waals surface area contributed by atoms with E-state index >= 15 is 0 Å². The summed E-state index contributed by atoms with van der Waals surface area (Å²) in [7, 11) is 7.58. The summed E-state index contributed by atoms with van der Waals surface area (Å²) >= 11 is 0. The smallest absolute Gasteiger partial charge is 0.161 e. The number of rotatable bonds is 5. The van der Waals surface area contributed by atoms with Gasteiger partial charge in [-0.15, -0.1) is 0 Å². The topological polar surface area (TPSA) is 33.7 Å². The van der Waals surface area contributed by atoms with E-state index in [0.29, 0.717) is 0 Å². The van der Waals surface area contributed by atoms with E-state index in [1.807, 2.05) is 6.07 Å². The second-order valence-corrected chi connectivity index (χ2v) is 5.42. The molecular weight excluding hydrogens is 240 g/mol. The van der Waals surface area contributed by atoms with Gasteiger partial charge in [0.1, 0.15) is 0 Å². The number of ether oxygens (including phenoxy) is 2. The van der Waals surface area contributed by atoms with Crippen molar-refractivity contribution in [2.24, 2.45) is 0 Å². The van der Waals surface area contributed by atoms with Crippen molar-refractivity contribution in [3.8, 4) is 11.5 Å². The van der Waals surface area contributed by atoms with Crippen molar-refractivity contribution in [3.63, 3.8) is 0 Å². The van der Waals surface area contributed by atoms with Crippen LogP contribution in [0.1, 0.15) is 18.4 Å². The fourth-order valence-electron chi connectivity index (χ4n) is 2.95. The average molecular weight is 264 g/mol. The van der Waals surface area contributed by atoms with Gasteiger partial charge in [-0.1, -0.05) is 6.07 Å². The van der Waals surface area contributed by atoms with Gasteiger partial charge in [0.25, 0.3) is 0 Å². The van der Waals surface area contributed by atoms with Gasteiger partial charge in [-0.25, -0.2) is 0 Å². The molecule has 0 radical (unpaired) electrons. The van der Waals surface area contributed by atoms with Crippen molar-refractivity contribution in [2.45, 2.75) is 18.4 Å². The number of nitrogens with one attached hydrogen (secondary N) is 1. The summed E-state index contributed by atoms with van der Waals surface area (Å²) in [6.45, 7) is 2.06. The summed E-state index contributed by atoms with van der Waals surface area (Å²) in [4.78, 5) is 2.23. The van der Waals surface area contributed by atoms with Crippen LogP contribution in [-0.4, -0.2) is 46.3 Å². The highest BCUT2D eigenvalue weighted by Gasteiger charge is 2.36. The molecular formula is C15H24N2O2. The Morgan fingerprint density at radius 1 is 1.21 bits per heavy atom. The molecule has 1 atom stereocenters. The lowest BCUT2D eigenvalue weighted by atomic mass is 9.87. The van der Waals surface area contributed by atoms with Crippen molar-refractivity contribution >= 4 is 0 Å². The second kappa shape index (κ2) is 5.80. The standard InChI is InChI=1S/C15H24N2O2/c1-17(2)11-15(8-5-9-16-15)12-6-7-13(18-3)14(10-12)19-4/h6-7,10,16H,5,8-9,11H2,1-4H3. The summed E-state index contributed by atoms with van der Waals surface area (Å²) in [5, 5.41) is 3.67. The molecule has 0 saturated carbocycles. The van der Waals surface area contributed by atoms with Gasteiger partial charge in [-0.05, 0) is 51.2 Å². The number of methoxy groups -OCH3 is 2. The van der Waals surface area contributed by atoms with E-state index in [-0.39, 0.29) is 5.54 Å². The van der Waals surface area contributed by atoms with E-state index in [1.165, 1.54) is 12.0 Å². The molecule has 4 heteroatoms. The molecule has 4 nitrogen and oxygen atoms in total. The monoisotopic (exact) mass is 264 g/mol.